The first-order chi connectivity index (χ1) is 4.33. The van der Waals surface area contributed by atoms with Gasteiger partial charge in [-0.15, -0.1) is 5.11 Å². The van der Waals surface area contributed by atoms with E-state index in [1.54, 1.807) is 0 Å². The smallest absolute Gasteiger partial charge is 0.320 e. The van der Waals surface area contributed by atoms with Crippen molar-refractivity contribution in [1.29, 1.82) is 0 Å². The second-order valence-corrected chi connectivity index (χ2v) is 2.26. The monoisotopic (exact) mass is 133 g/mol. The molecule has 3 N–H and O–H groups in total. The fourth-order valence-electron chi connectivity index (χ4n) is 0.468. The second kappa shape index (κ2) is 3.15. The van der Waals surface area contributed by atoms with Crippen molar-refractivity contribution in [2.24, 2.45) is 5.73 Å². The number of carboxylic acid groups (broad SMARTS) is 1. The molecular weight excluding hydrogens is 126 g/mol. The molecule has 0 bridgehead atoms. The largest absolute Gasteiger partial charge is 0.480 e. The molecule has 48 valence electrons. The third-order valence-corrected chi connectivity index (χ3v) is 0.891. The van der Waals surface area contributed by atoms with Crippen LogP contribution in [0.5, 0.6) is 0 Å². The zero-order valence-corrected chi connectivity index (χ0v) is 5.45. The fourth-order valence-corrected chi connectivity index (χ4v) is 0.468. The van der Waals surface area contributed by atoms with Crippen molar-refractivity contribution in [2.75, 3.05) is 0 Å². The van der Waals surface area contributed by atoms with E-state index in [0.717, 1.165) is 0 Å². The molecule has 0 saturated carbocycles. The maximum Gasteiger partial charge on any atom is 0.320 e. The quantitative estimate of drug-likeness (QED) is 0.453. The Labute approximate surface area is 63.6 Å². The molecule has 0 aliphatic heterocycles. The number of carboxylic acids is 1. The van der Waals surface area contributed by atoms with Gasteiger partial charge in [-0.1, -0.05) is 0 Å². The maximum absolute atomic E-state index is 10.1. The Morgan fingerprint density at radius 1 is 1.60 bits per heavy atom. The first kappa shape index (κ1) is 9.62. The van der Waals surface area contributed by atoms with Gasteiger partial charge in [-0.2, -0.15) is 0 Å². The van der Waals surface area contributed by atoms with Crippen LogP contribution in [0.1, 0.15) is 6.42 Å². The van der Waals surface area contributed by atoms with E-state index in [9.17, 15) is 4.79 Å². The van der Waals surface area contributed by atoms with Gasteiger partial charge >= 0.3 is 5.97 Å². The molecule has 3 nitrogen and oxygen atoms in total. The van der Waals surface area contributed by atoms with Gasteiger partial charge in [-0.25, -0.2) is 0 Å². The molecule has 0 aliphatic rings. The van der Waals surface area contributed by atoms with E-state index in [1.165, 1.54) is 0 Å². The number of nitrogens with two attached hydrogens (primary N) is 1. The Balaban J connectivity index is 3.80. The predicted molar refractivity (Wildman–Crippen MR) is 40.2 cm³/mol. The molecule has 0 aliphatic carbocycles. The summed E-state index contributed by atoms with van der Waals surface area (Å²) in [7, 11) is 15.3. The Hall–Kier alpha value is -0.375. The molecule has 0 amide bonds. The minimum absolute atomic E-state index is 0.150. The van der Waals surface area contributed by atoms with E-state index in [4.69, 9.17) is 34.4 Å². The van der Waals surface area contributed by atoms with Crippen molar-refractivity contribution in [3.8, 4) is 0 Å². The topological polar surface area (TPSA) is 63.3 Å². The third-order valence-electron chi connectivity index (χ3n) is 0.891. The van der Waals surface area contributed by atoms with Crippen LogP contribution >= 0.6 is 0 Å². The summed E-state index contributed by atoms with van der Waals surface area (Å²) < 4.78 is 0. The van der Waals surface area contributed by atoms with Crippen LogP contribution in [0.2, 0.25) is 5.11 Å². The van der Waals surface area contributed by atoms with Crippen LogP contribution in [-0.2, 0) is 4.79 Å². The zero-order valence-electron chi connectivity index (χ0n) is 5.45. The lowest BCUT2D eigenvalue weighted by Crippen LogP contribution is -2.35. The van der Waals surface area contributed by atoms with Crippen LogP contribution < -0.4 is 5.73 Å². The summed E-state index contributed by atoms with van der Waals surface area (Å²) in [5.74, 6) is -1.16. The number of hydrogen-bond donors (Lipinski definition) is 2. The van der Waals surface area contributed by atoms with Gasteiger partial charge < -0.3 is 10.8 Å². The van der Waals surface area contributed by atoms with Gasteiger partial charge in [-0.3, -0.25) is 4.79 Å². The van der Waals surface area contributed by atoms with Gasteiger partial charge in [0.05, 0.1) is 23.5 Å². The molecule has 0 heterocycles. The average Bonchev–Trinajstić information content (AvgIpc) is 1.60. The van der Waals surface area contributed by atoms with Crippen molar-refractivity contribution >= 4 is 29.5 Å². The first-order valence-corrected chi connectivity index (χ1v) is 2.68. The van der Waals surface area contributed by atoms with Gasteiger partial charge in [0.1, 0.15) is 6.04 Å². The SMILES string of the molecule is [B]C([B])([B])C[C@H](N)C(=O)O. The van der Waals surface area contributed by atoms with E-state index in [1.807, 2.05) is 0 Å². The van der Waals surface area contributed by atoms with Gasteiger partial charge in [0.2, 0.25) is 0 Å². The summed E-state index contributed by atoms with van der Waals surface area (Å²) in [5, 5.41) is 6.75. The van der Waals surface area contributed by atoms with E-state index in [0.29, 0.717) is 0 Å². The Kier molecular flexibility index (Phi) is 3.03. The highest BCUT2D eigenvalue weighted by Gasteiger charge is 2.19. The number of rotatable bonds is 3. The molecule has 0 aromatic carbocycles. The average molecular weight is 133 g/mol. The van der Waals surface area contributed by atoms with Gasteiger partial charge in [0.25, 0.3) is 0 Å². The number of carbonyl (C=O) groups is 1. The van der Waals surface area contributed by atoms with E-state index in [-0.39, 0.29) is 6.42 Å². The normalized spacial score (nSPS) is 14.5. The second-order valence-electron chi connectivity index (χ2n) is 2.26. The third kappa shape index (κ3) is 4.50. The lowest BCUT2D eigenvalue weighted by atomic mass is 9.41. The van der Waals surface area contributed by atoms with Crippen LogP contribution in [0.4, 0.5) is 0 Å². The number of aliphatic carboxylic acids is 1. The van der Waals surface area contributed by atoms with E-state index < -0.39 is 17.1 Å². The summed E-state index contributed by atoms with van der Waals surface area (Å²) in [6.07, 6.45) is -0.150. The van der Waals surface area contributed by atoms with Crippen molar-refractivity contribution in [1.82, 2.24) is 0 Å². The molecular formula is C4H6B3NO2. The zero-order chi connectivity index (χ0) is 8.36. The van der Waals surface area contributed by atoms with Gasteiger partial charge in [0.15, 0.2) is 0 Å². The maximum atomic E-state index is 10.1. The summed E-state index contributed by atoms with van der Waals surface area (Å²) in [6.45, 7) is 0. The van der Waals surface area contributed by atoms with Crippen LogP contribution in [0, 0.1) is 0 Å². The van der Waals surface area contributed by atoms with Crippen molar-refractivity contribution in [2.45, 2.75) is 17.6 Å². The lowest BCUT2D eigenvalue weighted by Gasteiger charge is -2.21. The molecule has 10 heavy (non-hydrogen) atoms. The van der Waals surface area contributed by atoms with Crippen molar-refractivity contribution in [3.63, 3.8) is 0 Å². The Morgan fingerprint density at radius 3 is 2.10 bits per heavy atom. The van der Waals surface area contributed by atoms with Crippen LogP contribution in [0.25, 0.3) is 0 Å². The summed E-state index contributed by atoms with van der Waals surface area (Å²) in [4.78, 5) is 10.1. The molecule has 6 radical (unpaired) electrons. The van der Waals surface area contributed by atoms with Crippen LogP contribution in [0.15, 0.2) is 0 Å². The molecule has 6 heteroatoms. The predicted octanol–water partition coefficient (Wildman–Crippen LogP) is -1.63. The highest BCUT2D eigenvalue weighted by Crippen LogP contribution is 2.15. The fraction of sp³-hybridized carbons (Fsp3) is 0.750. The van der Waals surface area contributed by atoms with E-state index in [2.05, 4.69) is 0 Å². The minimum atomic E-state index is -1.50. The van der Waals surface area contributed by atoms with Crippen LogP contribution in [-0.4, -0.2) is 40.7 Å². The molecule has 1 atom stereocenters. The standard InChI is InChI=1S/C4H6B3NO2/c5-4(6,7)1-2(8)3(9)10/h2H,1,8H2,(H,9,10)/t2-/m0/s1. The van der Waals surface area contributed by atoms with Gasteiger partial charge in [0, 0.05) is 0 Å². The first-order valence-electron chi connectivity index (χ1n) is 2.68. The van der Waals surface area contributed by atoms with Gasteiger partial charge in [-0.05, 0) is 6.42 Å². The Morgan fingerprint density at radius 2 is 2.00 bits per heavy atom. The van der Waals surface area contributed by atoms with Crippen molar-refractivity contribution in [3.05, 3.63) is 0 Å². The molecule has 0 unspecified atom stereocenters. The molecule has 0 aromatic rings. The molecule has 0 saturated heterocycles. The lowest BCUT2D eigenvalue weighted by molar-refractivity contribution is -0.138. The summed E-state index contributed by atoms with van der Waals surface area (Å²) >= 11 is 0. The van der Waals surface area contributed by atoms with E-state index >= 15 is 0 Å². The minimum Gasteiger partial charge on any atom is -0.480 e. The molecule has 0 spiro atoms. The summed E-state index contributed by atoms with van der Waals surface area (Å²) in [5.41, 5.74) is 5.06. The molecule has 0 aromatic heterocycles. The molecule has 0 fully saturated rings. The van der Waals surface area contributed by atoms with Crippen molar-refractivity contribution < 1.29 is 9.90 Å². The Bertz CT molecular complexity index is 133. The summed E-state index contributed by atoms with van der Waals surface area (Å²) in [6, 6.07) is -1.10. The highest BCUT2D eigenvalue weighted by atomic mass is 16.4. The molecule has 0 rings (SSSR count). The number of hydrogen-bond acceptors (Lipinski definition) is 2. The van der Waals surface area contributed by atoms with Crippen LogP contribution in [0.3, 0.4) is 0 Å². The highest BCUT2D eigenvalue weighted by molar-refractivity contribution is 6.58.